The highest BCUT2D eigenvalue weighted by Crippen LogP contribution is 2.26. The van der Waals surface area contributed by atoms with Gasteiger partial charge in [-0.15, -0.1) is 0 Å². The number of aliphatic hydroxyl groups excluding tert-OH is 1. The summed E-state index contributed by atoms with van der Waals surface area (Å²) in [5.41, 5.74) is 0.499. The topological polar surface area (TPSA) is 86.7 Å². The van der Waals surface area contributed by atoms with Crippen molar-refractivity contribution in [2.75, 3.05) is 18.5 Å². The highest BCUT2D eigenvalue weighted by Gasteiger charge is 2.34. The Morgan fingerprint density at radius 1 is 1.43 bits per heavy atom. The number of rotatable bonds is 5. The van der Waals surface area contributed by atoms with Crippen LogP contribution in [0.25, 0.3) is 0 Å². The van der Waals surface area contributed by atoms with Crippen molar-refractivity contribution in [1.82, 2.24) is 4.31 Å². The van der Waals surface area contributed by atoms with Gasteiger partial charge >= 0.3 is 0 Å². The molecule has 1 aromatic carbocycles. The van der Waals surface area contributed by atoms with Gasteiger partial charge in [-0.25, -0.2) is 8.42 Å². The van der Waals surface area contributed by atoms with E-state index in [2.05, 4.69) is 11.9 Å². The molecule has 0 aromatic heterocycles. The number of carbonyl (C=O) groups excluding carboxylic acids is 1. The largest absolute Gasteiger partial charge is 0.395 e. The molecule has 7 heteroatoms. The van der Waals surface area contributed by atoms with Gasteiger partial charge in [-0.3, -0.25) is 4.79 Å². The summed E-state index contributed by atoms with van der Waals surface area (Å²) < 4.78 is 26.3. The first-order valence-corrected chi connectivity index (χ1v) is 8.09. The highest BCUT2D eigenvalue weighted by atomic mass is 32.2. The van der Waals surface area contributed by atoms with Crippen molar-refractivity contribution in [3.8, 4) is 0 Å². The summed E-state index contributed by atoms with van der Waals surface area (Å²) in [6.07, 6.45) is 2.56. The predicted molar refractivity (Wildman–Crippen MR) is 79.3 cm³/mol. The number of hydrogen-bond acceptors (Lipinski definition) is 4. The Bertz CT molecular complexity index is 625. The zero-order valence-electron chi connectivity index (χ0n) is 11.5. The molecule has 0 radical (unpaired) electrons. The molecule has 1 saturated heterocycles. The molecule has 0 spiro atoms. The molecule has 1 atom stereocenters. The van der Waals surface area contributed by atoms with Gasteiger partial charge in [0, 0.05) is 18.3 Å². The number of hydrogen-bond donors (Lipinski definition) is 2. The number of benzene rings is 1. The molecule has 21 heavy (non-hydrogen) atoms. The third-order valence-electron chi connectivity index (χ3n) is 3.45. The summed E-state index contributed by atoms with van der Waals surface area (Å²) in [4.78, 5) is 11.3. The van der Waals surface area contributed by atoms with Crippen LogP contribution in [-0.2, 0) is 14.8 Å². The molecule has 1 aliphatic rings. The van der Waals surface area contributed by atoms with Crippen molar-refractivity contribution >= 4 is 21.6 Å². The third-order valence-corrected chi connectivity index (χ3v) is 5.41. The zero-order chi connectivity index (χ0) is 15.5. The standard InChI is InChI=1S/C14H18N2O4S/c1-2-14(18)15-11-5-7-13(8-6-11)21(19,20)16-9-3-4-12(16)10-17/h2,5-8,12,17H,1,3-4,9-10H2,(H,15,18). The molecule has 2 rings (SSSR count). The lowest BCUT2D eigenvalue weighted by molar-refractivity contribution is -0.111. The molecule has 1 aliphatic heterocycles. The lowest BCUT2D eigenvalue weighted by Crippen LogP contribution is -2.37. The minimum atomic E-state index is -3.61. The van der Waals surface area contributed by atoms with Gasteiger partial charge in [0.2, 0.25) is 15.9 Å². The van der Waals surface area contributed by atoms with Crippen LogP contribution in [0, 0.1) is 0 Å². The molecule has 2 N–H and O–H groups in total. The van der Waals surface area contributed by atoms with E-state index in [1.165, 1.54) is 28.6 Å². The molecule has 114 valence electrons. The second-order valence-electron chi connectivity index (χ2n) is 4.81. The van der Waals surface area contributed by atoms with E-state index >= 15 is 0 Å². The smallest absolute Gasteiger partial charge is 0.247 e. The molecule has 1 unspecified atom stereocenters. The summed E-state index contributed by atoms with van der Waals surface area (Å²) in [5.74, 6) is -0.356. The van der Waals surface area contributed by atoms with Gasteiger partial charge in [0.05, 0.1) is 11.5 Å². The first-order chi connectivity index (χ1) is 9.98. The Morgan fingerprint density at radius 3 is 2.67 bits per heavy atom. The molecule has 1 fully saturated rings. The number of nitrogens with zero attached hydrogens (tertiary/aromatic N) is 1. The molecule has 0 bridgehead atoms. The first-order valence-electron chi connectivity index (χ1n) is 6.65. The normalized spacial score (nSPS) is 19.4. The van der Waals surface area contributed by atoms with Crippen LogP contribution in [0.4, 0.5) is 5.69 Å². The summed E-state index contributed by atoms with van der Waals surface area (Å²) in [7, 11) is -3.61. The van der Waals surface area contributed by atoms with E-state index in [0.717, 1.165) is 12.5 Å². The van der Waals surface area contributed by atoms with Crippen LogP contribution in [0.2, 0.25) is 0 Å². The van der Waals surface area contributed by atoms with Gasteiger partial charge < -0.3 is 10.4 Å². The predicted octanol–water partition coefficient (Wildman–Crippen LogP) is 0.956. The SMILES string of the molecule is C=CC(=O)Nc1ccc(S(=O)(=O)N2CCCC2CO)cc1. The van der Waals surface area contributed by atoms with Gasteiger partial charge in [-0.1, -0.05) is 6.58 Å². The van der Waals surface area contributed by atoms with Crippen molar-refractivity contribution in [2.45, 2.75) is 23.8 Å². The average Bonchev–Trinajstić information content (AvgIpc) is 2.97. The number of sulfonamides is 1. The van der Waals surface area contributed by atoms with Crippen molar-refractivity contribution in [1.29, 1.82) is 0 Å². The monoisotopic (exact) mass is 310 g/mol. The van der Waals surface area contributed by atoms with Crippen molar-refractivity contribution < 1.29 is 18.3 Å². The van der Waals surface area contributed by atoms with Gasteiger partial charge in [0.25, 0.3) is 0 Å². The molecule has 1 aromatic rings. The second kappa shape index (κ2) is 6.38. The number of amides is 1. The number of nitrogens with one attached hydrogen (secondary N) is 1. The number of anilines is 1. The first kappa shape index (κ1) is 15.7. The Kier molecular flexibility index (Phi) is 4.76. The maximum absolute atomic E-state index is 12.5. The molecular weight excluding hydrogens is 292 g/mol. The van der Waals surface area contributed by atoms with E-state index in [1.54, 1.807) is 0 Å². The molecule has 6 nitrogen and oxygen atoms in total. The van der Waals surface area contributed by atoms with E-state index in [1.807, 2.05) is 0 Å². The lowest BCUT2D eigenvalue weighted by atomic mass is 10.2. The van der Waals surface area contributed by atoms with Crippen molar-refractivity contribution in [3.05, 3.63) is 36.9 Å². The summed E-state index contributed by atoms with van der Waals surface area (Å²) in [5, 5.41) is 11.8. The van der Waals surface area contributed by atoms with E-state index in [9.17, 15) is 18.3 Å². The van der Waals surface area contributed by atoms with Crippen LogP contribution in [-0.4, -0.2) is 42.9 Å². The molecule has 1 heterocycles. The summed E-state index contributed by atoms with van der Waals surface area (Å²) in [6.45, 7) is 3.59. The average molecular weight is 310 g/mol. The van der Waals surface area contributed by atoms with Crippen LogP contribution >= 0.6 is 0 Å². The lowest BCUT2D eigenvalue weighted by Gasteiger charge is -2.22. The molecule has 1 amide bonds. The van der Waals surface area contributed by atoms with E-state index in [4.69, 9.17) is 0 Å². The Hall–Kier alpha value is -1.70. The minimum Gasteiger partial charge on any atom is -0.395 e. The molecular formula is C14H18N2O4S. The van der Waals surface area contributed by atoms with Crippen molar-refractivity contribution in [3.63, 3.8) is 0 Å². The van der Waals surface area contributed by atoms with E-state index in [-0.39, 0.29) is 23.5 Å². The van der Waals surface area contributed by atoms with Gasteiger partial charge in [-0.2, -0.15) is 4.31 Å². The zero-order valence-corrected chi connectivity index (χ0v) is 12.3. The van der Waals surface area contributed by atoms with Gasteiger partial charge in [-0.05, 0) is 43.2 Å². The highest BCUT2D eigenvalue weighted by molar-refractivity contribution is 7.89. The van der Waals surface area contributed by atoms with Crippen LogP contribution in [0.15, 0.2) is 41.8 Å². The van der Waals surface area contributed by atoms with E-state index < -0.39 is 10.0 Å². The maximum atomic E-state index is 12.5. The third kappa shape index (κ3) is 3.31. The maximum Gasteiger partial charge on any atom is 0.247 e. The Morgan fingerprint density at radius 2 is 2.10 bits per heavy atom. The molecule has 0 aliphatic carbocycles. The summed E-state index contributed by atoms with van der Waals surface area (Å²) in [6, 6.07) is 5.59. The van der Waals surface area contributed by atoms with Crippen LogP contribution in [0.5, 0.6) is 0 Å². The fraction of sp³-hybridized carbons (Fsp3) is 0.357. The number of carbonyl (C=O) groups is 1. The van der Waals surface area contributed by atoms with Gasteiger partial charge in [0.1, 0.15) is 0 Å². The van der Waals surface area contributed by atoms with Crippen LogP contribution < -0.4 is 5.32 Å². The van der Waals surface area contributed by atoms with Crippen molar-refractivity contribution in [2.24, 2.45) is 0 Å². The number of aliphatic hydroxyl groups is 1. The van der Waals surface area contributed by atoms with Crippen LogP contribution in [0.1, 0.15) is 12.8 Å². The van der Waals surface area contributed by atoms with E-state index in [0.29, 0.717) is 18.7 Å². The van der Waals surface area contributed by atoms with Crippen LogP contribution in [0.3, 0.4) is 0 Å². The Labute approximate surface area is 124 Å². The molecule has 0 saturated carbocycles. The Balaban J connectivity index is 2.21. The minimum absolute atomic E-state index is 0.152. The second-order valence-corrected chi connectivity index (χ2v) is 6.70. The summed E-state index contributed by atoms with van der Waals surface area (Å²) >= 11 is 0. The van der Waals surface area contributed by atoms with Gasteiger partial charge in [0.15, 0.2) is 0 Å². The fourth-order valence-electron chi connectivity index (χ4n) is 2.35. The quantitative estimate of drug-likeness (QED) is 0.793. The fourth-order valence-corrected chi connectivity index (χ4v) is 4.03.